The van der Waals surface area contributed by atoms with Gasteiger partial charge in [-0.2, -0.15) is 0 Å². The summed E-state index contributed by atoms with van der Waals surface area (Å²) in [5.41, 5.74) is 0.123. The van der Waals surface area contributed by atoms with Crippen molar-refractivity contribution in [3.63, 3.8) is 0 Å². The second-order valence-electron chi connectivity index (χ2n) is 3.92. The molecule has 1 amide bonds. The molecule has 0 spiro atoms. The van der Waals surface area contributed by atoms with Gasteiger partial charge in [0.1, 0.15) is 12.4 Å². The highest BCUT2D eigenvalue weighted by Gasteiger charge is 2.19. The first-order valence-electron chi connectivity index (χ1n) is 6.13. The number of esters is 1. The molecule has 104 valence electrons. The van der Waals surface area contributed by atoms with Gasteiger partial charge in [0.2, 0.25) is 0 Å². The number of hydrogen-bond acceptors (Lipinski definition) is 4. The van der Waals surface area contributed by atoms with E-state index in [1.165, 1.54) is 11.1 Å². The minimum absolute atomic E-state index is 0.123. The van der Waals surface area contributed by atoms with Crippen LogP contribution < -0.4 is 0 Å². The van der Waals surface area contributed by atoms with Crippen LogP contribution in [0.5, 0.6) is 0 Å². The van der Waals surface area contributed by atoms with Crippen LogP contribution in [0.15, 0.2) is 18.5 Å². The Hall–Kier alpha value is -1.98. The molecular weight excluding hydrogens is 251 g/mol. The van der Waals surface area contributed by atoms with Crippen molar-refractivity contribution in [2.75, 3.05) is 19.7 Å². The Morgan fingerprint density at radius 3 is 2.68 bits per heavy atom. The summed E-state index contributed by atoms with van der Waals surface area (Å²) in [6.07, 6.45) is 2.99. The Labute approximate surface area is 111 Å². The van der Waals surface area contributed by atoms with E-state index in [1.54, 1.807) is 6.92 Å². The molecular formula is C13H17FN2O3. The highest BCUT2D eigenvalue weighted by atomic mass is 19.1. The van der Waals surface area contributed by atoms with Crippen LogP contribution in [-0.2, 0) is 9.53 Å². The van der Waals surface area contributed by atoms with Crippen molar-refractivity contribution in [3.05, 3.63) is 29.8 Å². The lowest BCUT2D eigenvalue weighted by Gasteiger charge is -2.20. The van der Waals surface area contributed by atoms with Crippen LogP contribution in [0, 0.1) is 5.82 Å². The molecule has 6 heteroatoms. The number of amides is 1. The maximum atomic E-state index is 13.0. The largest absolute Gasteiger partial charge is 0.465 e. The molecule has 1 aromatic rings. The van der Waals surface area contributed by atoms with Crippen LogP contribution in [-0.4, -0.2) is 41.5 Å². The third-order valence-corrected chi connectivity index (χ3v) is 2.36. The van der Waals surface area contributed by atoms with Gasteiger partial charge in [0.15, 0.2) is 0 Å². The predicted molar refractivity (Wildman–Crippen MR) is 67.0 cm³/mol. The molecule has 0 fully saturated rings. The SMILES string of the molecule is CCCN(CC(=O)OCC)C(=O)c1cncc(F)c1. The number of nitrogens with zero attached hydrogens (tertiary/aromatic N) is 2. The molecule has 5 nitrogen and oxygen atoms in total. The molecule has 0 aliphatic rings. The fourth-order valence-electron chi connectivity index (χ4n) is 1.60. The summed E-state index contributed by atoms with van der Waals surface area (Å²) in [4.78, 5) is 28.5. The molecule has 1 rings (SSSR count). The van der Waals surface area contributed by atoms with Crippen molar-refractivity contribution in [1.29, 1.82) is 0 Å². The average molecular weight is 268 g/mol. The van der Waals surface area contributed by atoms with Gasteiger partial charge >= 0.3 is 5.97 Å². The van der Waals surface area contributed by atoms with Gasteiger partial charge in [0.05, 0.1) is 18.4 Å². The first-order valence-corrected chi connectivity index (χ1v) is 6.13. The first-order chi connectivity index (χ1) is 9.08. The Kier molecular flexibility index (Phi) is 5.92. The fraction of sp³-hybridized carbons (Fsp3) is 0.462. The molecule has 1 heterocycles. The van der Waals surface area contributed by atoms with E-state index in [0.717, 1.165) is 12.3 Å². The van der Waals surface area contributed by atoms with E-state index in [2.05, 4.69) is 4.98 Å². The summed E-state index contributed by atoms with van der Waals surface area (Å²) in [6, 6.07) is 1.10. The lowest BCUT2D eigenvalue weighted by molar-refractivity contribution is -0.143. The van der Waals surface area contributed by atoms with Crippen LogP contribution in [0.2, 0.25) is 0 Å². The smallest absolute Gasteiger partial charge is 0.325 e. The summed E-state index contributed by atoms with van der Waals surface area (Å²) >= 11 is 0. The van der Waals surface area contributed by atoms with Gasteiger partial charge in [-0.05, 0) is 19.4 Å². The van der Waals surface area contributed by atoms with Gasteiger partial charge in [-0.25, -0.2) is 4.39 Å². The third kappa shape index (κ3) is 4.65. The molecule has 0 saturated heterocycles. The number of halogens is 1. The molecule has 0 saturated carbocycles. The van der Waals surface area contributed by atoms with Crippen LogP contribution >= 0.6 is 0 Å². The minimum atomic E-state index is -0.585. The van der Waals surface area contributed by atoms with Gasteiger partial charge < -0.3 is 9.64 Å². The second-order valence-corrected chi connectivity index (χ2v) is 3.92. The summed E-state index contributed by atoms with van der Waals surface area (Å²) in [6.45, 7) is 4.09. The van der Waals surface area contributed by atoms with Crippen molar-refractivity contribution < 1.29 is 18.7 Å². The van der Waals surface area contributed by atoms with Crippen molar-refractivity contribution in [1.82, 2.24) is 9.88 Å². The van der Waals surface area contributed by atoms with E-state index in [0.29, 0.717) is 13.0 Å². The predicted octanol–water partition coefficient (Wildman–Crippen LogP) is 1.64. The monoisotopic (exact) mass is 268 g/mol. The zero-order valence-electron chi connectivity index (χ0n) is 11.1. The topological polar surface area (TPSA) is 59.5 Å². The molecule has 0 N–H and O–H groups in total. The van der Waals surface area contributed by atoms with Gasteiger partial charge in [-0.3, -0.25) is 14.6 Å². The van der Waals surface area contributed by atoms with Crippen LogP contribution in [0.25, 0.3) is 0 Å². The maximum absolute atomic E-state index is 13.0. The molecule has 0 aliphatic carbocycles. The summed E-state index contributed by atoms with van der Waals surface area (Å²) in [5.74, 6) is -1.49. The maximum Gasteiger partial charge on any atom is 0.325 e. The summed E-state index contributed by atoms with van der Waals surface area (Å²) < 4.78 is 17.8. The number of carbonyl (C=O) groups excluding carboxylic acids is 2. The van der Waals surface area contributed by atoms with E-state index >= 15 is 0 Å². The Bertz CT molecular complexity index is 451. The average Bonchev–Trinajstić information content (AvgIpc) is 2.37. The fourth-order valence-corrected chi connectivity index (χ4v) is 1.60. The zero-order valence-corrected chi connectivity index (χ0v) is 11.1. The summed E-state index contributed by atoms with van der Waals surface area (Å²) in [7, 11) is 0. The van der Waals surface area contributed by atoms with Crippen molar-refractivity contribution in [2.24, 2.45) is 0 Å². The van der Waals surface area contributed by atoms with Crippen molar-refractivity contribution in [2.45, 2.75) is 20.3 Å². The van der Waals surface area contributed by atoms with E-state index in [1.807, 2.05) is 6.92 Å². The van der Waals surface area contributed by atoms with Crippen molar-refractivity contribution in [3.8, 4) is 0 Å². The Morgan fingerprint density at radius 1 is 1.37 bits per heavy atom. The second kappa shape index (κ2) is 7.45. The van der Waals surface area contributed by atoms with Gasteiger partial charge in [-0.1, -0.05) is 6.92 Å². The molecule has 19 heavy (non-hydrogen) atoms. The lowest BCUT2D eigenvalue weighted by atomic mass is 10.2. The number of aromatic nitrogens is 1. The molecule has 0 bridgehead atoms. The number of carbonyl (C=O) groups is 2. The Morgan fingerprint density at radius 2 is 2.11 bits per heavy atom. The van der Waals surface area contributed by atoms with Crippen LogP contribution in [0.4, 0.5) is 4.39 Å². The Balaban J connectivity index is 2.80. The minimum Gasteiger partial charge on any atom is -0.465 e. The van der Waals surface area contributed by atoms with E-state index in [9.17, 15) is 14.0 Å². The van der Waals surface area contributed by atoms with Crippen LogP contribution in [0.1, 0.15) is 30.6 Å². The van der Waals surface area contributed by atoms with E-state index in [-0.39, 0.29) is 18.7 Å². The third-order valence-electron chi connectivity index (χ3n) is 2.36. The number of hydrogen-bond donors (Lipinski definition) is 0. The molecule has 0 aromatic carbocycles. The first kappa shape index (κ1) is 15.1. The number of ether oxygens (including phenoxy) is 1. The zero-order chi connectivity index (χ0) is 14.3. The molecule has 0 radical (unpaired) electrons. The summed E-state index contributed by atoms with van der Waals surface area (Å²) in [5, 5.41) is 0. The van der Waals surface area contributed by atoms with Crippen LogP contribution in [0.3, 0.4) is 0 Å². The molecule has 1 aromatic heterocycles. The van der Waals surface area contributed by atoms with Gasteiger partial charge in [-0.15, -0.1) is 0 Å². The number of pyridine rings is 1. The molecule has 0 aliphatic heterocycles. The molecule has 0 unspecified atom stereocenters. The molecule has 0 atom stereocenters. The van der Waals surface area contributed by atoms with E-state index < -0.39 is 17.7 Å². The highest BCUT2D eigenvalue weighted by molar-refractivity contribution is 5.95. The van der Waals surface area contributed by atoms with Gasteiger partial charge in [0.25, 0.3) is 5.91 Å². The number of rotatable bonds is 6. The van der Waals surface area contributed by atoms with Gasteiger partial charge in [0, 0.05) is 12.7 Å². The lowest BCUT2D eigenvalue weighted by Crippen LogP contribution is -2.37. The standard InChI is InChI=1S/C13H17FN2O3/c1-3-5-16(9-12(17)19-4-2)13(18)10-6-11(14)8-15-7-10/h6-8H,3-5,9H2,1-2H3. The quantitative estimate of drug-likeness (QED) is 0.736. The van der Waals surface area contributed by atoms with E-state index in [4.69, 9.17) is 4.74 Å². The van der Waals surface area contributed by atoms with Crippen molar-refractivity contribution >= 4 is 11.9 Å². The normalized spacial score (nSPS) is 10.1. The highest BCUT2D eigenvalue weighted by Crippen LogP contribution is 2.06.